The van der Waals surface area contributed by atoms with Gasteiger partial charge in [-0.25, -0.2) is 4.79 Å². The highest BCUT2D eigenvalue weighted by Gasteiger charge is 2.01. The predicted molar refractivity (Wildman–Crippen MR) is 53.6 cm³/mol. The maximum absolute atomic E-state index is 11.0. The van der Waals surface area contributed by atoms with Gasteiger partial charge in [-0.05, 0) is 19.3 Å². The summed E-state index contributed by atoms with van der Waals surface area (Å²) in [5, 5.41) is 2.65. The van der Waals surface area contributed by atoms with Gasteiger partial charge in [-0.1, -0.05) is 19.4 Å². The summed E-state index contributed by atoms with van der Waals surface area (Å²) in [6.07, 6.45) is 0.464. The second kappa shape index (κ2) is 6.52. The monoisotopic (exact) mass is 185 g/mol. The number of ether oxygens (including phenoxy) is 1. The molecule has 0 spiro atoms. The lowest BCUT2D eigenvalue weighted by Gasteiger charge is -2.08. The Hall–Kier alpha value is -0.990. The lowest BCUT2D eigenvalue weighted by molar-refractivity contribution is 0.133. The van der Waals surface area contributed by atoms with Gasteiger partial charge in [0.15, 0.2) is 0 Å². The normalized spacial score (nSPS) is 9.85. The highest BCUT2D eigenvalue weighted by Crippen LogP contribution is 1.94. The second-order valence-corrected chi connectivity index (χ2v) is 3.63. The fourth-order valence-corrected chi connectivity index (χ4v) is 0.671. The number of rotatable bonds is 5. The summed E-state index contributed by atoms with van der Waals surface area (Å²) in [6.45, 7) is 10.7. The van der Waals surface area contributed by atoms with Crippen molar-refractivity contribution in [1.29, 1.82) is 0 Å². The zero-order valence-corrected chi connectivity index (χ0v) is 8.72. The minimum absolute atomic E-state index is 0.338. The lowest BCUT2D eigenvalue weighted by atomic mass is 10.2. The molecule has 3 heteroatoms. The van der Waals surface area contributed by atoms with Crippen molar-refractivity contribution in [1.82, 2.24) is 5.32 Å². The average molecular weight is 185 g/mol. The highest BCUT2D eigenvalue weighted by atomic mass is 16.5. The number of carbonyl (C=O) groups is 1. The standard InChI is InChI=1S/C10H19NO2/c1-8(2)5-6-11-10(12)13-7-9(3)4/h9H,1,5-7H2,2-4H3,(H,11,12). The summed E-state index contributed by atoms with van der Waals surface area (Å²) in [4.78, 5) is 11.0. The van der Waals surface area contributed by atoms with Gasteiger partial charge in [0.05, 0.1) is 6.61 Å². The van der Waals surface area contributed by atoms with E-state index < -0.39 is 0 Å². The van der Waals surface area contributed by atoms with E-state index in [1.54, 1.807) is 0 Å². The van der Waals surface area contributed by atoms with Crippen LogP contribution in [0.1, 0.15) is 27.2 Å². The summed E-state index contributed by atoms with van der Waals surface area (Å²) in [5.74, 6) is 0.381. The predicted octanol–water partition coefficient (Wildman–Crippen LogP) is 2.33. The van der Waals surface area contributed by atoms with E-state index in [9.17, 15) is 4.79 Å². The smallest absolute Gasteiger partial charge is 0.407 e. The average Bonchev–Trinajstić information content (AvgIpc) is 2.00. The molecule has 0 fully saturated rings. The minimum Gasteiger partial charge on any atom is -0.449 e. The van der Waals surface area contributed by atoms with Crippen LogP contribution >= 0.6 is 0 Å². The summed E-state index contributed by atoms with van der Waals surface area (Å²) < 4.78 is 4.91. The number of alkyl carbamates (subject to hydrolysis) is 1. The molecule has 0 aliphatic heterocycles. The zero-order chi connectivity index (χ0) is 10.3. The van der Waals surface area contributed by atoms with Crippen LogP contribution in [0.2, 0.25) is 0 Å². The van der Waals surface area contributed by atoms with E-state index in [1.165, 1.54) is 0 Å². The molecule has 0 bridgehead atoms. The number of hydrogen-bond acceptors (Lipinski definition) is 2. The Labute approximate surface area is 80.2 Å². The van der Waals surface area contributed by atoms with Gasteiger partial charge in [0, 0.05) is 6.54 Å². The van der Waals surface area contributed by atoms with Gasteiger partial charge in [-0.2, -0.15) is 0 Å². The highest BCUT2D eigenvalue weighted by molar-refractivity contribution is 5.67. The van der Waals surface area contributed by atoms with E-state index in [-0.39, 0.29) is 6.09 Å². The number of nitrogens with one attached hydrogen (secondary N) is 1. The molecule has 0 saturated carbocycles. The van der Waals surface area contributed by atoms with Crippen molar-refractivity contribution in [3.8, 4) is 0 Å². The topological polar surface area (TPSA) is 38.3 Å². The molecule has 13 heavy (non-hydrogen) atoms. The molecular weight excluding hydrogens is 166 g/mol. The first-order valence-corrected chi connectivity index (χ1v) is 4.57. The fourth-order valence-electron chi connectivity index (χ4n) is 0.671. The van der Waals surface area contributed by atoms with E-state index >= 15 is 0 Å². The number of carbonyl (C=O) groups excluding carboxylic acids is 1. The Morgan fingerprint density at radius 1 is 1.54 bits per heavy atom. The number of hydrogen-bond donors (Lipinski definition) is 1. The third-order valence-electron chi connectivity index (χ3n) is 1.37. The fraction of sp³-hybridized carbons (Fsp3) is 0.700. The van der Waals surface area contributed by atoms with Gasteiger partial charge in [0.2, 0.25) is 0 Å². The van der Waals surface area contributed by atoms with Crippen molar-refractivity contribution >= 4 is 6.09 Å². The van der Waals surface area contributed by atoms with Crippen LogP contribution in [-0.4, -0.2) is 19.2 Å². The molecule has 0 aliphatic rings. The van der Waals surface area contributed by atoms with Crippen molar-refractivity contribution in [2.45, 2.75) is 27.2 Å². The zero-order valence-electron chi connectivity index (χ0n) is 8.72. The first-order chi connectivity index (χ1) is 6.02. The lowest BCUT2D eigenvalue weighted by Crippen LogP contribution is -2.26. The summed E-state index contributed by atoms with van der Waals surface area (Å²) in [6, 6.07) is 0. The molecular formula is C10H19NO2. The molecule has 0 atom stereocenters. The first kappa shape index (κ1) is 12.0. The maximum Gasteiger partial charge on any atom is 0.407 e. The van der Waals surface area contributed by atoms with Crippen LogP contribution in [0, 0.1) is 5.92 Å². The van der Waals surface area contributed by atoms with E-state index in [2.05, 4.69) is 11.9 Å². The van der Waals surface area contributed by atoms with Crippen LogP contribution in [-0.2, 0) is 4.74 Å². The Balaban J connectivity index is 3.35. The SMILES string of the molecule is C=C(C)CCNC(=O)OCC(C)C. The van der Waals surface area contributed by atoms with E-state index in [0.717, 1.165) is 12.0 Å². The third-order valence-corrected chi connectivity index (χ3v) is 1.37. The second-order valence-electron chi connectivity index (χ2n) is 3.63. The number of amides is 1. The molecule has 1 amide bonds. The molecule has 76 valence electrons. The molecule has 0 aromatic rings. The van der Waals surface area contributed by atoms with Gasteiger partial charge in [-0.3, -0.25) is 0 Å². The third kappa shape index (κ3) is 8.92. The molecule has 0 aromatic carbocycles. The maximum atomic E-state index is 11.0. The molecule has 1 N–H and O–H groups in total. The summed E-state index contributed by atoms with van der Waals surface area (Å²) in [7, 11) is 0. The van der Waals surface area contributed by atoms with Crippen molar-refractivity contribution < 1.29 is 9.53 Å². The van der Waals surface area contributed by atoms with E-state index in [4.69, 9.17) is 4.74 Å². The Kier molecular flexibility index (Phi) is 6.02. The van der Waals surface area contributed by atoms with Crippen LogP contribution in [0.5, 0.6) is 0 Å². The van der Waals surface area contributed by atoms with Crippen LogP contribution in [0.3, 0.4) is 0 Å². The molecule has 0 radical (unpaired) electrons. The largest absolute Gasteiger partial charge is 0.449 e. The van der Waals surface area contributed by atoms with E-state index in [0.29, 0.717) is 19.1 Å². The van der Waals surface area contributed by atoms with Gasteiger partial charge < -0.3 is 10.1 Å². The Morgan fingerprint density at radius 2 is 2.15 bits per heavy atom. The molecule has 0 aliphatic carbocycles. The molecule has 0 saturated heterocycles. The van der Waals surface area contributed by atoms with Crippen LogP contribution < -0.4 is 5.32 Å². The van der Waals surface area contributed by atoms with Crippen LogP contribution in [0.25, 0.3) is 0 Å². The van der Waals surface area contributed by atoms with Gasteiger partial charge >= 0.3 is 6.09 Å². The summed E-state index contributed by atoms with van der Waals surface area (Å²) in [5.41, 5.74) is 1.06. The van der Waals surface area contributed by atoms with Gasteiger partial charge in [-0.15, -0.1) is 6.58 Å². The molecule has 0 rings (SSSR count). The van der Waals surface area contributed by atoms with Crippen molar-refractivity contribution in [2.75, 3.05) is 13.2 Å². The van der Waals surface area contributed by atoms with Crippen molar-refractivity contribution in [3.05, 3.63) is 12.2 Å². The molecule has 0 heterocycles. The molecule has 0 aromatic heterocycles. The van der Waals surface area contributed by atoms with Crippen molar-refractivity contribution in [3.63, 3.8) is 0 Å². The quantitative estimate of drug-likeness (QED) is 0.667. The van der Waals surface area contributed by atoms with E-state index in [1.807, 2.05) is 20.8 Å². The molecule has 3 nitrogen and oxygen atoms in total. The van der Waals surface area contributed by atoms with Crippen LogP contribution in [0.15, 0.2) is 12.2 Å². The van der Waals surface area contributed by atoms with Crippen molar-refractivity contribution in [2.24, 2.45) is 5.92 Å². The Morgan fingerprint density at radius 3 is 2.62 bits per heavy atom. The Bertz CT molecular complexity index is 176. The molecule has 0 unspecified atom stereocenters. The van der Waals surface area contributed by atoms with Gasteiger partial charge in [0.25, 0.3) is 0 Å². The minimum atomic E-state index is -0.338. The van der Waals surface area contributed by atoms with Crippen LogP contribution in [0.4, 0.5) is 4.79 Å². The first-order valence-electron chi connectivity index (χ1n) is 4.57. The van der Waals surface area contributed by atoms with Gasteiger partial charge in [0.1, 0.15) is 0 Å². The summed E-state index contributed by atoms with van der Waals surface area (Å²) >= 11 is 0.